The smallest absolute Gasteiger partial charge is 0.258 e. The summed E-state index contributed by atoms with van der Waals surface area (Å²) in [6, 6.07) is 11.8. The molecule has 24 heavy (non-hydrogen) atoms. The number of benzene rings is 2. The van der Waals surface area contributed by atoms with Gasteiger partial charge in [-0.1, -0.05) is 29.8 Å². The van der Waals surface area contributed by atoms with Gasteiger partial charge in [0.25, 0.3) is 11.8 Å². The molecule has 0 bridgehead atoms. The first-order chi connectivity index (χ1) is 11.5. The van der Waals surface area contributed by atoms with E-state index in [0.29, 0.717) is 10.8 Å². The summed E-state index contributed by atoms with van der Waals surface area (Å²) in [5.74, 6) is -0.321. The molecule has 2 aromatic rings. The van der Waals surface area contributed by atoms with Crippen molar-refractivity contribution in [1.29, 1.82) is 0 Å². The highest BCUT2D eigenvalue weighted by Gasteiger charge is 2.12. The molecule has 0 atom stereocenters. The van der Waals surface area contributed by atoms with Gasteiger partial charge in [-0.3, -0.25) is 9.59 Å². The van der Waals surface area contributed by atoms with E-state index >= 15 is 0 Å². The zero-order chi connectivity index (χ0) is 17.5. The molecule has 0 saturated heterocycles. The second-order valence-corrected chi connectivity index (χ2v) is 5.29. The van der Waals surface area contributed by atoms with Crippen LogP contribution in [0.1, 0.15) is 15.9 Å². The summed E-state index contributed by atoms with van der Waals surface area (Å²) in [5, 5.41) is 3.26. The lowest BCUT2D eigenvalue weighted by atomic mass is 10.2. The van der Waals surface area contributed by atoms with Crippen molar-refractivity contribution in [2.45, 2.75) is 6.54 Å². The molecule has 0 aromatic heterocycles. The lowest BCUT2D eigenvalue weighted by molar-refractivity contribution is -0.123. The van der Waals surface area contributed by atoms with E-state index in [1.54, 1.807) is 12.1 Å². The number of carbonyl (C=O) groups is 2. The van der Waals surface area contributed by atoms with Gasteiger partial charge in [0.2, 0.25) is 0 Å². The monoisotopic (exact) mass is 348 g/mol. The first kappa shape index (κ1) is 17.6. The van der Waals surface area contributed by atoms with Crippen molar-refractivity contribution in [2.75, 3.05) is 13.7 Å². The topological polar surface area (TPSA) is 90.7 Å². The number of carbonyl (C=O) groups excluding carboxylic acids is 2. The number of nitrogens with one attached hydrogen (secondary N) is 1. The number of ether oxygens (including phenoxy) is 2. The maximum atomic E-state index is 11.9. The van der Waals surface area contributed by atoms with Crippen LogP contribution in [-0.4, -0.2) is 25.5 Å². The van der Waals surface area contributed by atoms with Gasteiger partial charge in [-0.05, 0) is 23.8 Å². The average molecular weight is 349 g/mol. The summed E-state index contributed by atoms with van der Waals surface area (Å²) < 4.78 is 10.5. The van der Waals surface area contributed by atoms with Crippen molar-refractivity contribution in [1.82, 2.24) is 5.32 Å². The third-order valence-corrected chi connectivity index (χ3v) is 3.62. The van der Waals surface area contributed by atoms with Crippen LogP contribution in [0.15, 0.2) is 42.5 Å². The fourth-order valence-corrected chi connectivity index (χ4v) is 2.19. The Morgan fingerprint density at radius 1 is 1.21 bits per heavy atom. The highest BCUT2D eigenvalue weighted by Crippen LogP contribution is 2.24. The molecule has 126 valence electrons. The van der Waals surface area contributed by atoms with Crippen molar-refractivity contribution < 1.29 is 19.1 Å². The van der Waals surface area contributed by atoms with E-state index in [4.69, 9.17) is 26.8 Å². The molecule has 0 saturated carbocycles. The summed E-state index contributed by atoms with van der Waals surface area (Å²) in [6.45, 7) is 0.0144. The highest BCUT2D eigenvalue weighted by atomic mass is 35.5. The van der Waals surface area contributed by atoms with Crippen molar-refractivity contribution in [3.63, 3.8) is 0 Å². The van der Waals surface area contributed by atoms with E-state index in [1.807, 2.05) is 18.2 Å². The number of halogens is 1. The first-order valence-electron chi connectivity index (χ1n) is 7.12. The lowest BCUT2D eigenvalue weighted by Crippen LogP contribution is -2.29. The van der Waals surface area contributed by atoms with Crippen molar-refractivity contribution in [2.24, 2.45) is 5.73 Å². The third-order valence-electron chi connectivity index (χ3n) is 3.25. The molecular formula is C17H17ClN2O4. The highest BCUT2D eigenvalue weighted by molar-refractivity contribution is 6.31. The summed E-state index contributed by atoms with van der Waals surface area (Å²) in [4.78, 5) is 23.3. The summed E-state index contributed by atoms with van der Waals surface area (Å²) >= 11 is 6.02. The average Bonchev–Trinajstić information content (AvgIpc) is 2.58. The van der Waals surface area contributed by atoms with Crippen LogP contribution in [0.25, 0.3) is 0 Å². The number of primary amides is 1. The summed E-state index contributed by atoms with van der Waals surface area (Å²) in [7, 11) is 1.49. The van der Waals surface area contributed by atoms with Crippen molar-refractivity contribution in [3.8, 4) is 11.5 Å². The number of amides is 2. The molecule has 2 aromatic carbocycles. The quantitative estimate of drug-likeness (QED) is 0.802. The Kier molecular flexibility index (Phi) is 6.03. The molecule has 0 aliphatic carbocycles. The predicted octanol–water partition coefficient (Wildman–Crippen LogP) is 2.14. The van der Waals surface area contributed by atoms with Crippen molar-refractivity contribution in [3.05, 3.63) is 58.6 Å². The zero-order valence-corrected chi connectivity index (χ0v) is 13.8. The number of hydrogen-bond acceptors (Lipinski definition) is 4. The molecule has 2 rings (SSSR count). The largest absolute Gasteiger partial charge is 0.497 e. The van der Waals surface area contributed by atoms with Crippen LogP contribution in [0.3, 0.4) is 0 Å². The SMILES string of the molecule is COc1ccc(C(N)=O)c(OCC(=O)NCc2ccccc2Cl)c1. The Labute approximate surface area is 144 Å². The normalized spacial score (nSPS) is 10.1. The van der Waals surface area contributed by atoms with Crippen LogP contribution in [-0.2, 0) is 11.3 Å². The van der Waals surface area contributed by atoms with Gasteiger partial charge in [0.15, 0.2) is 6.61 Å². The Hall–Kier alpha value is -2.73. The molecule has 3 N–H and O–H groups in total. The van der Waals surface area contributed by atoms with Gasteiger partial charge >= 0.3 is 0 Å². The van der Waals surface area contributed by atoms with Crippen molar-refractivity contribution >= 4 is 23.4 Å². The van der Waals surface area contributed by atoms with E-state index in [9.17, 15) is 9.59 Å². The second-order valence-electron chi connectivity index (χ2n) is 4.88. The Morgan fingerprint density at radius 3 is 2.62 bits per heavy atom. The second kappa shape index (κ2) is 8.21. The van der Waals surface area contributed by atoms with E-state index < -0.39 is 5.91 Å². The van der Waals surface area contributed by atoms with E-state index in [0.717, 1.165) is 5.56 Å². The minimum atomic E-state index is -0.649. The molecule has 0 spiro atoms. The zero-order valence-electron chi connectivity index (χ0n) is 13.0. The molecule has 0 radical (unpaired) electrons. The van der Waals surface area contributed by atoms with Gasteiger partial charge in [0, 0.05) is 17.6 Å². The Morgan fingerprint density at radius 2 is 1.96 bits per heavy atom. The summed E-state index contributed by atoms with van der Waals surface area (Å²) in [5.41, 5.74) is 6.26. The van der Waals surface area contributed by atoms with Crippen LogP contribution >= 0.6 is 11.6 Å². The van der Waals surface area contributed by atoms with Gasteiger partial charge in [-0.25, -0.2) is 0 Å². The van der Waals surface area contributed by atoms with Gasteiger partial charge in [-0.2, -0.15) is 0 Å². The molecule has 0 heterocycles. The molecule has 6 nitrogen and oxygen atoms in total. The number of rotatable bonds is 7. The van der Waals surface area contributed by atoms with Gasteiger partial charge < -0.3 is 20.5 Å². The van der Waals surface area contributed by atoms with Gasteiger partial charge in [-0.15, -0.1) is 0 Å². The van der Waals surface area contributed by atoms with Crippen LogP contribution < -0.4 is 20.5 Å². The molecular weight excluding hydrogens is 332 g/mol. The molecule has 0 aliphatic rings. The fourth-order valence-electron chi connectivity index (χ4n) is 1.98. The Balaban J connectivity index is 1.96. The molecule has 7 heteroatoms. The van der Waals surface area contributed by atoms with E-state index in [1.165, 1.54) is 19.2 Å². The maximum absolute atomic E-state index is 11.9. The number of nitrogens with two attached hydrogens (primary N) is 1. The van der Waals surface area contributed by atoms with Crippen LogP contribution in [0, 0.1) is 0 Å². The van der Waals surface area contributed by atoms with Crippen LogP contribution in [0.5, 0.6) is 11.5 Å². The molecule has 2 amide bonds. The number of methoxy groups -OCH3 is 1. The van der Waals surface area contributed by atoms with Gasteiger partial charge in [0.05, 0.1) is 12.7 Å². The molecule has 0 aliphatic heterocycles. The van der Waals surface area contributed by atoms with Crippen LogP contribution in [0.2, 0.25) is 5.02 Å². The predicted molar refractivity (Wildman–Crippen MR) is 90.3 cm³/mol. The van der Waals surface area contributed by atoms with Crippen LogP contribution in [0.4, 0.5) is 0 Å². The third kappa shape index (κ3) is 4.63. The van der Waals surface area contributed by atoms with E-state index in [-0.39, 0.29) is 30.4 Å². The minimum Gasteiger partial charge on any atom is -0.497 e. The summed E-state index contributed by atoms with van der Waals surface area (Å²) in [6.07, 6.45) is 0. The minimum absolute atomic E-state index is 0.176. The maximum Gasteiger partial charge on any atom is 0.258 e. The molecule has 0 unspecified atom stereocenters. The van der Waals surface area contributed by atoms with E-state index in [2.05, 4.69) is 5.32 Å². The number of hydrogen-bond donors (Lipinski definition) is 2. The fraction of sp³-hybridized carbons (Fsp3) is 0.176. The Bertz CT molecular complexity index is 749. The standard InChI is InChI=1S/C17H17ClN2O4/c1-23-12-6-7-13(17(19)22)15(8-12)24-10-16(21)20-9-11-4-2-3-5-14(11)18/h2-8H,9-10H2,1H3,(H2,19,22)(H,20,21). The lowest BCUT2D eigenvalue weighted by Gasteiger charge is -2.12. The first-order valence-corrected chi connectivity index (χ1v) is 7.50. The molecule has 0 fully saturated rings. The van der Waals surface area contributed by atoms with Gasteiger partial charge in [0.1, 0.15) is 11.5 Å².